The predicted molar refractivity (Wildman–Crippen MR) is 67.6 cm³/mol. The van der Waals surface area contributed by atoms with Crippen molar-refractivity contribution < 1.29 is 9.18 Å². The first kappa shape index (κ1) is 14.1. The zero-order valence-electron chi connectivity index (χ0n) is 9.88. The molecule has 1 aromatic rings. The minimum absolute atomic E-state index is 0.0356. The molecule has 0 aliphatic rings. The summed E-state index contributed by atoms with van der Waals surface area (Å²) < 4.78 is 13.4. The van der Waals surface area contributed by atoms with Gasteiger partial charge in [-0.05, 0) is 24.1 Å². The largest absolute Gasteiger partial charge is 0.321 e. The van der Waals surface area contributed by atoms with Crippen molar-refractivity contribution in [2.24, 2.45) is 5.73 Å². The number of ketones is 1. The number of Topliss-reactive ketones (excluding diaryl/α,β-unsaturated/α-hetero) is 1. The summed E-state index contributed by atoms with van der Waals surface area (Å²) in [5.41, 5.74) is 6.09. The lowest BCUT2D eigenvalue weighted by molar-refractivity contribution is -0.119. The Kier molecular flexibility index (Phi) is 5.59. The van der Waals surface area contributed by atoms with E-state index in [0.29, 0.717) is 17.0 Å². The Bertz CT molecular complexity index is 395. The standard InChI is InChI=1S/C13H17ClFNO/c1-2-3-4-12(16)13(17)7-9-5-6-10(14)8-11(9)15/h5-6,8,12H,2-4,7,16H2,1H3. The van der Waals surface area contributed by atoms with Crippen LogP contribution in [0.25, 0.3) is 0 Å². The van der Waals surface area contributed by atoms with Gasteiger partial charge < -0.3 is 5.73 Å². The minimum Gasteiger partial charge on any atom is -0.321 e. The van der Waals surface area contributed by atoms with Crippen LogP contribution in [-0.2, 0) is 11.2 Å². The van der Waals surface area contributed by atoms with Crippen LogP contribution in [0.4, 0.5) is 4.39 Å². The summed E-state index contributed by atoms with van der Waals surface area (Å²) in [6.45, 7) is 2.04. The highest BCUT2D eigenvalue weighted by Gasteiger charge is 2.15. The van der Waals surface area contributed by atoms with Gasteiger partial charge in [0.15, 0.2) is 5.78 Å². The highest BCUT2D eigenvalue weighted by atomic mass is 35.5. The van der Waals surface area contributed by atoms with Crippen molar-refractivity contribution in [3.63, 3.8) is 0 Å². The molecule has 4 heteroatoms. The van der Waals surface area contributed by atoms with Crippen molar-refractivity contribution in [2.75, 3.05) is 0 Å². The van der Waals surface area contributed by atoms with Crippen molar-refractivity contribution in [3.8, 4) is 0 Å². The number of carbonyl (C=O) groups excluding carboxylic acids is 1. The lowest BCUT2D eigenvalue weighted by atomic mass is 10.00. The molecular formula is C13H17ClFNO. The van der Waals surface area contributed by atoms with Crippen molar-refractivity contribution in [1.29, 1.82) is 0 Å². The summed E-state index contributed by atoms with van der Waals surface area (Å²) in [5.74, 6) is -0.576. The average Bonchev–Trinajstić information content (AvgIpc) is 2.29. The first-order valence-electron chi connectivity index (χ1n) is 5.76. The number of benzene rings is 1. The first-order valence-corrected chi connectivity index (χ1v) is 6.14. The Balaban J connectivity index is 2.61. The van der Waals surface area contributed by atoms with E-state index >= 15 is 0 Å². The van der Waals surface area contributed by atoms with Gasteiger partial charge in [0.2, 0.25) is 0 Å². The summed E-state index contributed by atoms with van der Waals surface area (Å²) >= 11 is 5.63. The molecule has 1 unspecified atom stereocenters. The van der Waals surface area contributed by atoms with Crippen LogP contribution in [0.5, 0.6) is 0 Å². The summed E-state index contributed by atoms with van der Waals surface area (Å²) in [5, 5.41) is 0.328. The molecule has 0 aliphatic heterocycles. The number of halogens is 2. The van der Waals surface area contributed by atoms with Crippen LogP contribution in [0.15, 0.2) is 18.2 Å². The van der Waals surface area contributed by atoms with Crippen LogP contribution < -0.4 is 5.73 Å². The number of carbonyl (C=O) groups is 1. The maximum atomic E-state index is 13.4. The Hall–Kier alpha value is -0.930. The highest BCUT2D eigenvalue weighted by Crippen LogP contribution is 2.16. The van der Waals surface area contributed by atoms with E-state index < -0.39 is 11.9 Å². The molecule has 0 radical (unpaired) electrons. The van der Waals surface area contributed by atoms with Crippen molar-refractivity contribution in [2.45, 2.75) is 38.6 Å². The van der Waals surface area contributed by atoms with E-state index in [0.717, 1.165) is 12.8 Å². The molecule has 0 bridgehead atoms. The van der Waals surface area contributed by atoms with E-state index in [4.69, 9.17) is 17.3 Å². The van der Waals surface area contributed by atoms with E-state index in [1.807, 2.05) is 6.92 Å². The highest BCUT2D eigenvalue weighted by molar-refractivity contribution is 6.30. The van der Waals surface area contributed by atoms with Gasteiger partial charge >= 0.3 is 0 Å². The predicted octanol–water partition coefficient (Wildman–Crippen LogP) is 3.11. The molecule has 94 valence electrons. The molecule has 0 aromatic heterocycles. The molecule has 0 saturated heterocycles. The third kappa shape index (κ3) is 4.44. The van der Waals surface area contributed by atoms with E-state index in [-0.39, 0.29) is 12.2 Å². The van der Waals surface area contributed by atoms with E-state index in [2.05, 4.69) is 0 Å². The molecule has 1 aromatic carbocycles. The number of hydrogen-bond donors (Lipinski definition) is 1. The molecule has 1 atom stereocenters. The van der Waals surface area contributed by atoms with Crippen LogP contribution in [0.1, 0.15) is 31.7 Å². The Morgan fingerprint density at radius 1 is 1.53 bits per heavy atom. The number of rotatable bonds is 6. The third-order valence-electron chi connectivity index (χ3n) is 2.66. The van der Waals surface area contributed by atoms with E-state index in [9.17, 15) is 9.18 Å². The van der Waals surface area contributed by atoms with E-state index in [1.54, 1.807) is 6.07 Å². The molecular weight excluding hydrogens is 241 g/mol. The van der Waals surface area contributed by atoms with Gasteiger partial charge in [-0.3, -0.25) is 4.79 Å². The van der Waals surface area contributed by atoms with Crippen LogP contribution in [0, 0.1) is 5.82 Å². The van der Waals surface area contributed by atoms with Gasteiger partial charge in [-0.2, -0.15) is 0 Å². The normalized spacial score (nSPS) is 12.5. The monoisotopic (exact) mass is 257 g/mol. The molecule has 2 nitrogen and oxygen atoms in total. The van der Waals surface area contributed by atoms with Crippen molar-refractivity contribution in [1.82, 2.24) is 0 Å². The lowest BCUT2D eigenvalue weighted by Crippen LogP contribution is -2.31. The van der Waals surface area contributed by atoms with Crippen LogP contribution >= 0.6 is 11.6 Å². The second-order valence-corrected chi connectivity index (χ2v) is 4.56. The summed E-state index contributed by atoms with van der Waals surface area (Å²) in [6.07, 6.45) is 2.60. The zero-order chi connectivity index (χ0) is 12.8. The van der Waals surface area contributed by atoms with Gasteiger partial charge in [0.25, 0.3) is 0 Å². The Labute approximate surface area is 106 Å². The molecule has 17 heavy (non-hydrogen) atoms. The topological polar surface area (TPSA) is 43.1 Å². The van der Waals surface area contributed by atoms with E-state index in [1.165, 1.54) is 12.1 Å². The number of unbranched alkanes of at least 4 members (excludes halogenated alkanes) is 1. The summed E-state index contributed by atoms with van der Waals surface area (Å²) in [6, 6.07) is 3.82. The number of hydrogen-bond acceptors (Lipinski definition) is 2. The van der Waals surface area contributed by atoms with Crippen molar-refractivity contribution in [3.05, 3.63) is 34.6 Å². The summed E-state index contributed by atoms with van der Waals surface area (Å²) in [4.78, 5) is 11.7. The molecule has 0 saturated carbocycles. The number of nitrogens with two attached hydrogens (primary N) is 1. The Morgan fingerprint density at radius 2 is 2.24 bits per heavy atom. The molecule has 2 N–H and O–H groups in total. The van der Waals surface area contributed by atoms with Gasteiger partial charge in [0.05, 0.1) is 6.04 Å². The quantitative estimate of drug-likeness (QED) is 0.851. The van der Waals surface area contributed by atoms with Gasteiger partial charge in [-0.1, -0.05) is 37.4 Å². The fourth-order valence-corrected chi connectivity index (χ4v) is 1.73. The van der Waals surface area contributed by atoms with Gasteiger partial charge in [0.1, 0.15) is 5.82 Å². The first-order chi connectivity index (χ1) is 8.04. The molecule has 0 aliphatic carbocycles. The van der Waals surface area contributed by atoms with Gasteiger partial charge in [-0.15, -0.1) is 0 Å². The fourth-order valence-electron chi connectivity index (χ4n) is 1.57. The maximum Gasteiger partial charge on any atom is 0.153 e. The van der Waals surface area contributed by atoms with Gasteiger partial charge in [-0.25, -0.2) is 4.39 Å². The second kappa shape index (κ2) is 6.72. The molecule has 1 rings (SSSR count). The Morgan fingerprint density at radius 3 is 2.82 bits per heavy atom. The van der Waals surface area contributed by atoms with Gasteiger partial charge in [0, 0.05) is 11.4 Å². The van der Waals surface area contributed by atoms with Crippen LogP contribution in [0.3, 0.4) is 0 Å². The average molecular weight is 258 g/mol. The molecule has 0 heterocycles. The minimum atomic E-state index is -0.495. The molecule has 0 fully saturated rings. The fraction of sp³-hybridized carbons (Fsp3) is 0.462. The van der Waals surface area contributed by atoms with Crippen LogP contribution in [0.2, 0.25) is 5.02 Å². The lowest BCUT2D eigenvalue weighted by Gasteiger charge is -2.10. The zero-order valence-corrected chi connectivity index (χ0v) is 10.6. The SMILES string of the molecule is CCCCC(N)C(=O)Cc1ccc(Cl)cc1F. The third-order valence-corrected chi connectivity index (χ3v) is 2.90. The second-order valence-electron chi connectivity index (χ2n) is 4.13. The maximum absolute atomic E-state index is 13.4. The smallest absolute Gasteiger partial charge is 0.153 e. The van der Waals surface area contributed by atoms with Crippen LogP contribution in [-0.4, -0.2) is 11.8 Å². The summed E-state index contributed by atoms with van der Waals surface area (Å²) in [7, 11) is 0. The van der Waals surface area contributed by atoms with Crippen molar-refractivity contribution >= 4 is 17.4 Å². The molecule has 0 amide bonds. The molecule has 0 spiro atoms.